The fraction of sp³-hybridized carbons (Fsp3) is 0.769. The van der Waals surface area contributed by atoms with Gasteiger partial charge in [-0.25, -0.2) is 13.2 Å². The maximum absolute atomic E-state index is 12.4. The first-order valence-corrected chi connectivity index (χ1v) is 9.49. The number of nitrogens with zero attached hydrogens (tertiary/aromatic N) is 4. The normalized spacial score (nSPS) is 32.6. The lowest BCUT2D eigenvalue weighted by atomic mass is 10.0. The number of rotatable bonds is 4. The lowest BCUT2D eigenvalue weighted by molar-refractivity contribution is -0.0328. The molecule has 1 saturated carbocycles. The van der Waals surface area contributed by atoms with Crippen molar-refractivity contribution in [2.75, 3.05) is 6.54 Å². The first-order chi connectivity index (χ1) is 11.8. The summed E-state index contributed by atoms with van der Waals surface area (Å²) in [4.78, 5) is 13.8. The Bertz CT molecular complexity index is 788. The van der Waals surface area contributed by atoms with Gasteiger partial charge in [-0.15, -0.1) is 10.2 Å². The summed E-state index contributed by atoms with van der Waals surface area (Å²) in [6.07, 6.45) is 3.57. The molecule has 12 heteroatoms. The number of aromatic nitrogens is 2. The number of urea groups is 1. The van der Waals surface area contributed by atoms with Gasteiger partial charge in [0.2, 0.25) is 22.2 Å². The molecule has 2 amide bonds. The number of hydrogen-bond acceptors (Lipinski definition) is 9. The number of hydroxylamine groups is 2. The van der Waals surface area contributed by atoms with Gasteiger partial charge >= 0.3 is 7.46 Å². The van der Waals surface area contributed by atoms with Crippen LogP contribution in [0.2, 0.25) is 0 Å². The summed E-state index contributed by atoms with van der Waals surface area (Å²) in [6, 6.07) is -1.49. The van der Waals surface area contributed by atoms with E-state index in [4.69, 9.17) is 10.2 Å². The number of fused-ring (bicyclic) bond motifs is 2. The Labute approximate surface area is 145 Å². The van der Waals surface area contributed by atoms with E-state index in [2.05, 4.69) is 14.5 Å². The van der Waals surface area contributed by atoms with E-state index in [-0.39, 0.29) is 19.9 Å². The average Bonchev–Trinajstić information content (AvgIpc) is 3.23. The van der Waals surface area contributed by atoms with Crippen LogP contribution in [0.1, 0.15) is 57.3 Å². The molecule has 4 atom stereocenters. The molecule has 11 nitrogen and oxygen atoms in total. The third kappa shape index (κ3) is 3.10. The van der Waals surface area contributed by atoms with Crippen LogP contribution >= 0.6 is 0 Å². The molecule has 0 aromatic carbocycles. The smallest absolute Gasteiger partial charge is 0.724 e. The Morgan fingerprint density at radius 2 is 2.00 bits per heavy atom. The standard InChI is InChI=1S/C13H19N5O6S/c14-8-2-1-7(5-8)11-15-16-12(23-11)10-4-3-9-6-17(10)13(19)18(9)24-25(20,21)22/h7-10H,1-6,14H2,(H,20,21,22)/t7-,8+,9-,10+/m1/s1. The number of carbonyl (C=O) groups is 1. The van der Waals surface area contributed by atoms with Gasteiger partial charge in [0.15, 0.2) is 0 Å². The Morgan fingerprint density at radius 3 is 2.68 bits per heavy atom. The van der Waals surface area contributed by atoms with Gasteiger partial charge in [-0.2, -0.15) is 9.35 Å². The molecule has 3 heterocycles. The summed E-state index contributed by atoms with van der Waals surface area (Å²) in [5.74, 6) is 0.966. The van der Waals surface area contributed by atoms with Gasteiger partial charge in [0.25, 0.3) is 0 Å². The predicted octanol–water partition coefficient (Wildman–Crippen LogP) is 0.110. The van der Waals surface area contributed by atoms with E-state index < -0.39 is 28.5 Å². The van der Waals surface area contributed by atoms with E-state index in [1.807, 2.05) is 0 Å². The lowest BCUT2D eigenvalue weighted by Gasteiger charge is -2.27. The van der Waals surface area contributed by atoms with Crippen molar-refractivity contribution >= 4 is 16.4 Å². The largest absolute Gasteiger partial charge is 1.00 e. The number of carbonyl (C=O) groups excluding carboxylic acids is 1. The van der Waals surface area contributed by atoms with Crippen molar-refractivity contribution in [1.29, 1.82) is 0 Å². The monoisotopic (exact) mass is 373 g/mol. The van der Waals surface area contributed by atoms with Gasteiger partial charge in [0, 0.05) is 18.5 Å². The van der Waals surface area contributed by atoms with Crippen LogP contribution in [-0.2, 0) is 14.7 Å². The van der Waals surface area contributed by atoms with Crippen LogP contribution in [0.3, 0.4) is 0 Å². The predicted molar refractivity (Wildman–Crippen MR) is 80.5 cm³/mol. The minimum atomic E-state index is -5.01. The Kier molecular flexibility index (Phi) is 3.94. The molecular weight excluding hydrogens is 354 g/mol. The minimum absolute atomic E-state index is 0. The summed E-state index contributed by atoms with van der Waals surface area (Å²) in [5, 5.41) is 8.80. The van der Waals surface area contributed by atoms with E-state index in [9.17, 15) is 17.8 Å². The zero-order valence-electron chi connectivity index (χ0n) is 14.3. The van der Waals surface area contributed by atoms with E-state index >= 15 is 0 Å². The summed E-state index contributed by atoms with van der Waals surface area (Å²) in [5.41, 5.74) is 5.91. The van der Waals surface area contributed by atoms with Crippen molar-refractivity contribution in [3.05, 3.63) is 11.8 Å². The molecule has 0 radical (unpaired) electrons. The highest BCUT2D eigenvalue weighted by molar-refractivity contribution is 7.80. The average molecular weight is 373 g/mol. The molecule has 1 aromatic heterocycles. The molecule has 138 valence electrons. The van der Waals surface area contributed by atoms with Crippen LogP contribution in [0, 0.1) is 0 Å². The topological polar surface area (TPSA) is 155 Å². The van der Waals surface area contributed by atoms with Crippen molar-refractivity contribution in [3.63, 3.8) is 0 Å². The van der Waals surface area contributed by atoms with Crippen LogP contribution in [0.4, 0.5) is 4.79 Å². The van der Waals surface area contributed by atoms with Crippen LogP contribution in [0.15, 0.2) is 4.42 Å². The third-order valence-electron chi connectivity index (χ3n) is 5.06. The van der Waals surface area contributed by atoms with Gasteiger partial charge in [0.05, 0.1) is 6.04 Å². The van der Waals surface area contributed by atoms with Crippen molar-refractivity contribution in [1.82, 2.24) is 20.2 Å². The highest BCUT2D eigenvalue weighted by Gasteiger charge is 2.48. The molecule has 4 rings (SSSR count). The number of nitrogens with two attached hydrogens (primary N) is 1. The minimum Gasteiger partial charge on any atom is -0.724 e. The highest BCUT2D eigenvalue weighted by atomic mass is 32.3. The second-order valence-corrected chi connectivity index (χ2v) is 7.70. The molecule has 1 aliphatic carbocycles. The first-order valence-electron chi connectivity index (χ1n) is 8.16. The summed E-state index contributed by atoms with van der Waals surface area (Å²) >= 11 is 0. The summed E-state index contributed by atoms with van der Waals surface area (Å²) in [6.45, 7) is 0.241. The Balaban J connectivity index is 0.00000196. The first kappa shape index (κ1) is 16.7. The number of piperidine rings is 1. The van der Waals surface area contributed by atoms with E-state index in [0.29, 0.717) is 29.7 Å². The zero-order chi connectivity index (χ0) is 17.8. The molecular formula is C13H19N5O6S. The molecule has 3 aliphatic rings. The molecule has 2 saturated heterocycles. The van der Waals surface area contributed by atoms with Gasteiger partial charge < -0.3 is 19.6 Å². The summed E-state index contributed by atoms with van der Waals surface area (Å²) in [7, 11) is -5.01. The molecule has 1 aromatic rings. The highest BCUT2D eigenvalue weighted by Crippen LogP contribution is 2.40. The Hall–Kier alpha value is -1.76. The van der Waals surface area contributed by atoms with Crippen molar-refractivity contribution < 1.29 is 27.9 Å². The van der Waals surface area contributed by atoms with Crippen LogP contribution in [-0.4, -0.2) is 57.8 Å². The molecule has 0 spiro atoms. The van der Waals surface area contributed by atoms with Crippen molar-refractivity contribution in [3.8, 4) is 0 Å². The van der Waals surface area contributed by atoms with E-state index in [0.717, 1.165) is 19.3 Å². The second kappa shape index (κ2) is 5.90. The van der Waals surface area contributed by atoms with Gasteiger partial charge in [-0.3, -0.25) is 0 Å². The molecule has 2 N–H and O–H groups in total. The number of hydrogen-bond donors (Lipinski definition) is 1. The third-order valence-corrected chi connectivity index (χ3v) is 5.40. The second-order valence-electron chi connectivity index (χ2n) is 6.74. The van der Waals surface area contributed by atoms with Crippen molar-refractivity contribution in [2.45, 2.75) is 56.1 Å². The fourth-order valence-electron chi connectivity index (χ4n) is 3.87. The van der Waals surface area contributed by atoms with Gasteiger partial charge in [-0.1, -0.05) is 0 Å². The maximum Gasteiger partial charge on any atom is 1.00 e. The van der Waals surface area contributed by atoms with Gasteiger partial charge in [0.1, 0.15) is 6.04 Å². The lowest BCUT2D eigenvalue weighted by Crippen LogP contribution is -2.35. The molecule has 0 unspecified atom stereocenters. The van der Waals surface area contributed by atoms with Crippen molar-refractivity contribution in [2.24, 2.45) is 5.73 Å². The van der Waals surface area contributed by atoms with Crippen LogP contribution in [0.5, 0.6) is 0 Å². The maximum atomic E-state index is 12.4. The van der Waals surface area contributed by atoms with E-state index in [1.165, 1.54) is 4.90 Å². The SMILES string of the molecule is N[C@H]1CC[C@@H](c2nnc([C@@H]3CC[C@@H]4CN3C(=O)N4OS(=O)(=O)[O-])o2)C1.[H+]. The van der Waals surface area contributed by atoms with Crippen LogP contribution < -0.4 is 5.73 Å². The van der Waals surface area contributed by atoms with Crippen LogP contribution in [0.25, 0.3) is 0 Å². The Morgan fingerprint density at radius 1 is 1.24 bits per heavy atom. The molecule has 3 fully saturated rings. The quantitative estimate of drug-likeness (QED) is 0.571. The molecule has 2 bridgehead atoms. The number of amides is 2. The molecule has 25 heavy (non-hydrogen) atoms. The van der Waals surface area contributed by atoms with E-state index in [1.54, 1.807) is 0 Å². The van der Waals surface area contributed by atoms with Gasteiger partial charge in [-0.05, 0) is 32.1 Å². The fourth-order valence-corrected chi connectivity index (χ4v) is 4.25. The zero-order valence-corrected chi connectivity index (χ0v) is 14.1. The summed E-state index contributed by atoms with van der Waals surface area (Å²) < 4.78 is 42.5. The molecule has 2 aliphatic heterocycles.